The molecule has 5 nitrogen and oxygen atoms in total. The summed E-state index contributed by atoms with van der Waals surface area (Å²) in [5.74, 6) is -1.29. The molecule has 1 unspecified atom stereocenters. The molecule has 1 amide bonds. The van der Waals surface area contributed by atoms with Crippen LogP contribution in [-0.4, -0.2) is 33.2 Å². The van der Waals surface area contributed by atoms with Gasteiger partial charge in [-0.2, -0.15) is 0 Å². The van der Waals surface area contributed by atoms with Gasteiger partial charge >= 0.3 is 0 Å². The molecule has 5 heteroatoms. The highest BCUT2D eigenvalue weighted by Gasteiger charge is 2.45. The minimum Gasteiger partial charge on any atom is -0.507 e. The molecule has 1 atom stereocenters. The number of H-pyrrole nitrogens is 1. The molecule has 1 aromatic heterocycles. The first-order valence-corrected chi connectivity index (χ1v) is 11.0. The zero-order valence-corrected chi connectivity index (χ0v) is 18.0. The van der Waals surface area contributed by atoms with Gasteiger partial charge in [0.15, 0.2) is 0 Å². The molecule has 160 valence electrons. The van der Waals surface area contributed by atoms with E-state index in [0.29, 0.717) is 12.1 Å². The van der Waals surface area contributed by atoms with Crippen LogP contribution in [-0.2, 0) is 16.0 Å². The number of hydrogen-bond acceptors (Lipinski definition) is 3. The van der Waals surface area contributed by atoms with E-state index in [2.05, 4.69) is 18.8 Å². The molecule has 0 bridgehead atoms. The van der Waals surface area contributed by atoms with Gasteiger partial charge in [-0.25, -0.2) is 0 Å². The number of hydrogen-bond donors (Lipinski definition) is 2. The van der Waals surface area contributed by atoms with Crippen molar-refractivity contribution in [1.29, 1.82) is 0 Å². The van der Waals surface area contributed by atoms with Gasteiger partial charge in [0.2, 0.25) is 0 Å². The number of amides is 1. The number of likely N-dealkylation sites (tertiary alicyclic amines) is 1. The maximum Gasteiger partial charge on any atom is 0.295 e. The molecule has 0 saturated carbocycles. The second kappa shape index (κ2) is 8.80. The molecule has 2 N–H and O–H groups in total. The molecule has 0 aliphatic carbocycles. The van der Waals surface area contributed by atoms with Crippen molar-refractivity contribution in [2.45, 2.75) is 45.6 Å². The molecule has 1 aliphatic heterocycles. The van der Waals surface area contributed by atoms with E-state index in [1.165, 1.54) is 5.56 Å². The van der Waals surface area contributed by atoms with Gasteiger partial charge in [-0.05, 0) is 30.0 Å². The topological polar surface area (TPSA) is 73.4 Å². The molecule has 1 saturated heterocycles. The van der Waals surface area contributed by atoms with Gasteiger partial charge in [-0.1, -0.05) is 69.2 Å². The number of para-hydroxylation sites is 1. The maximum absolute atomic E-state index is 13.1. The third-order valence-electron chi connectivity index (χ3n) is 6.09. The fourth-order valence-electron chi connectivity index (χ4n) is 4.34. The number of carbonyl (C=O) groups excluding carboxylic acids is 2. The van der Waals surface area contributed by atoms with Crippen molar-refractivity contribution in [3.63, 3.8) is 0 Å². The number of carbonyl (C=O) groups is 2. The summed E-state index contributed by atoms with van der Waals surface area (Å²) >= 11 is 0. The number of aromatic nitrogens is 1. The van der Waals surface area contributed by atoms with Crippen LogP contribution in [0.4, 0.5) is 0 Å². The Morgan fingerprint density at radius 3 is 2.48 bits per heavy atom. The average Bonchev–Trinajstić information content (AvgIpc) is 3.33. The molecule has 2 aromatic carbocycles. The first kappa shape index (κ1) is 20.9. The van der Waals surface area contributed by atoms with Gasteiger partial charge in [0.25, 0.3) is 11.7 Å². The zero-order chi connectivity index (χ0) is 22.0. The minimum absolute atomic E-state index is 0.127. The van der Waals surface area contributed by atoms with Crippen LogP contribution < -0.4 is 0 Å². The van der Waals surface area contributed by atoms with Crippen molar-refractivity contribution in [2.75, 3.05) is 6.54 Å². The van der Waals surface area contributed by atoms with E-state index in [1.807, 2.05) is 48.5 Å². The summed E-state index contributed by atoms with van der Waals surface area (Å²) < 4.78 is 0. The van der Waals surface area contributed by atoms with Gasteiger partial charge in [-0.15, -0.1) is 0 Å². The predicted molar refractivity (Wildman–Crippen MR) is 123 cm³/mol. The van der Waals surface area contributed by atoms with Crippen LogP contribution in [0.5, 0.6) is 0 Å². The fraction of sp³-hybridized carbons (Fsp3) is 0.308. The molecule has 1 fully saturated rings. The Morgan fingerprint density at radius 1 is 1.03 bits per heavy atom. The Labute approximate surface area is 182 Å². The van der Waals surface area contributed by atoms with Gasteiger partial charge in [-0.3, -0.25) is 9.59 Å². The van der Waals surface area contributed by atoms with Crippen LogP contribution in [0.3, 0.4) is 0 Å². The van der Waals surface area contributed by atoms with Crippen LogP contribution in [0.1, 0.15) is 55.8 Å². The summed E-state index contributed by atoms with van der Waals surface area (Å²) in [5.41, 5.74) is 3.59. The van der Waals surface area contributed by atoms with Crippen molar-refractivity contribution in [1.82, 2.24) is 9.88 Å². The lowest BCUT2D eigenvalue weighted by Gasteiger charge is -2.25. The van der Waals surface area contributed by atoms with Gasteiger partial charge in [0.05, 0.1) is 11.6 Å². The second-order valence-electron chi connectivity index (χ2n) is 8.04. The molecule has 0 spiro atoms. The quantitative estimate of drug-likeness (QED) is 0.236. The lowest BCUT2D eigenvalue weighted by Crippen LogP contribution is -2.30. The van der Waals surface area contributed by atoms with Crippen LogP contribution in [0.25, 0.3) is 16.7 Å². The van der Waals surface area contributed by atoms with Gasteiger partial charge < -0.3 is 15.0 Å². The summed E-state index contributed by atoms with van der Waals surface area (Å²) in [6, 6.07) is 15.0. The number of benzene rings is 2. The second-order valence-corrected chi connectivity index (χ2v) is 8.04. The van der Waals surface area contributed by atoms with Crippen LogP contribution in [0.2, 0.25) is 0 Å². The van der Waals surface area contributed by atoms with E-state index in [1.54, 1.807) is 11.1 Å². The Hall–Kier alpha value is -3.34. The van der Waals surface area contributed by atoms with E-state index < -0.39 is 17.7 Å². The Bertz CT molecular complexity index is 1140. The van der Waals surface area contributed by atoms with Crippen molar-refractivity contribution in [3.05, 3.63) is 77.0 Å². The molecule has 4 rings (SSSR count). The SMILES string of the molecule is CCCCCN1C(=O)C(=O)/C(=C(\O)c2c[nH]c3ccccc23)C1c1ccc(CC)cc1. The standard InChI is InChI=1S/C26H28N2O3/c1-3-5-8-15-28-23(18-13-11-17(4-2)12-14-18)22(25(30)26(28)31)24(29)20-16-27-21-10-7-6-9-19(20)21/h6-7,9-14,16,23,27,29H,3-5,8,15H2,1-2H3/b24-22-. The third kappa shape index (κ3) is 3.76. The largest absolute Gasteiger partial charge is 0.507 e. The van der Waals surface area contributed by atoms with Crippen molar-refractivity contribution < 1.29 is 14.7 Å². The third-order valence-corrected chi connectivity index (χ3v) is 6.09. The minimum atomic E-state index is -0.621. The van der Waals surface area contributed by atoms with E-state index >= 15 is 0 Å². The van der Waals surface area contributed by atoms with E-state index in [-0.39, 0.29) is 11.3 Å². The van der Waals surface area contributed by atoms with Crippen LogP contribution >= 0.6 is 0 Å². The smallest absolute Gasteiger partial charge is 0.295 e. The zero-order valence-electron chi connectivity index (χ0n) is 18.0. The number of ketones is 1. The van der Waals surface area contributed by atoms with E-state index in [4.69, 9.17) is 0 Å². The first-order valence-electron chi connectivity index (χ1n) is 11.0. The summed E-state index contributed by atoms with van der Waals surface area (Å²) in [6.07, 6.45) is 5.43. The molecule has 31 heavy (non-hydrogen) atoms. The first-order chi connectivity index (χ1) is 15.1. The monoisotopic (exact) mass is 416 g/mol. The highest BCUT2D eigenvalue weighted by atomic mass is 16.3. The maximum atomic E-state index is 13.1. The van der Waals surface area contributed by atoms with Gasteiger partial charge in [0.1, 0.15) is 5.76 Å². The highest BCUT2D eigenvalue weighted by Crippen LogP contribution is 2.40. The lowest BCUT2D eigenvalue weighted by atomic mass is 9.94. The Morgan fingerprint density at radius 2 is 1.77 bits per heavy atom. The van der Waals surface area contributed by atoms with Crippen molar-refractivity contribution in [2.24, 2.45) is 0 Å². The molecule has 1 aliphatic rings. The van der Waals surface area contributed by atoms with Crippen LogP contribution in [0, 0.1) is 0 Å². The number of aliphatic hydroxyl groups is 1. The van der Waals surface area contributed by atoms with Crippen LogP contribution in [0.15, 0.2) is 60.3 Å². The number of aryl methyl sites for hydroxylation is 1. The summed E-state index contributed by atoms with van der Waals surface area (Å²) in [7, 11) is 0. The molecular formula is C26H28N2O3. The average molecular weight is 417 g/mol. The molecule has 2 heterocycles. The molecule has 3 aromatic rings. The van der Waals surface area contributed by atoms with Crippen molar-refractivity contribution in [3.8, 4) is 0 Å². The summed E-state index contributed by atoms with van der Waals surface area (Å²) in [5, 5.41) is 12.1. The number of Topliss-reactive ketones (excluding diaryl/α,β-unsaturated/α-hetero) is 1. The number of nitrogens with one attached hydrogen (secondary N) is 1. The Balaban J connectivity index is 1.85. The van der Waals surface area contributed by atoms with E-state index in [9.17, 15) is 14.7 Å². The van der Waals surface area contributed by atoms with E-state index in [0.717, 1.165) is 42.1 Å². The molecular weight excluding hydrogens is 388 g/mol. The number of fused-ring (bicyclic) bond motifs is 1. The highest BCUT2D eigenvalue weighted by molar-refractivity contribution is 6.46. The number of aromatic amines is 1. The van der Waals surface area contributed by atoms with Crippen molar-refractivity contribution >= 4 is 28.4 Å². The Kier molecular flexibility index (Phi) is 5.94. The number of unbranched alkanes of at least 4 members (excludes halogenated alkanes) is 2. The number of nitrogens with zero attached hydrogens (tertiary/aromatic N) is 1. The normalized spacial score (nSPS) is 18.3. The van der Waals surface area contributed by atoms with Gasteiger partial charge in [0, 0.05) is 29.2 Å². The number of rotatable bonds is 7. The summed E-state index contributed by atoms with van der Waals surface area (Å²) in [6.45, 7) is 4.68. The fourth-order valence-corrected chi connectivity index (χ4v) is 4.34. The molecule has 0 radical (unpaired) electrons. The summed E-state index contributed by atoms with van der Waals surface area (Å²) in [4.78, 5) is 30.8. The number of aliphatic hydroxyl groups excluding tert-OH is 1. The predicted octanol–water partition coefficient (Wildman–Crippen LogP) is 5.34. The lowest BCUT2D eigenvalue weighted by molar-refractivity contribution is -0.139.